The van der Waals surface area contributed by atoms with Crippen LogP contribution < -0.4 is 4.74 Å². The fourth-order valence-corrected chi connectivity index (χ4v) is 4.05. The molecule has 2 heterocycles. The van der Waals surface area contributed by atoms with Crippen LogP contribution in [-0.4, -0.2) is 56.0 Å². The van der Waals surface area contributed by atoms with Crippen LogP contribution in [0.2, 0.25) is 0 Å². The monoisotopic (exact) mass is 362 g/mol. The van der Waals surface area contributed by atoms with Gasteiger partial charge in [0.2, 0.25) is 10.8 Å². The Morgan fingerprint density at radius 2 is 2.12 bits per heavy atom. The van der Waals surface area contributed by atoms with Gasteiger partial charge in [-0.15, -0.1) is 0 Å². The lowest BCUT2D eigenvalue weighted by atomic mass is 10.0. The van der Waals surface area contributed by atoms with Gasteiger partial charge in [-0.25, -0.2) is 4.98 Å². The van der Waals surface area contributed by atoms with Crippen molar-refractivity contribution in [2.45, 2.75) is 19.9 Å². The molecular weight excluding hydrogens is 340 g/mol. The molecule has 0 fully saturated rings. The van der Waals surface area contributed by atoms with Crippen LogP contribution in [-0.2, 0) is 0 Å². The average molecular weight is 362 g/mol. The second-order valence-corrected chi connectivity index (χ2v) is 6.48. The fourth-order valence-electron chi connectivity index (χ4n) is 2.97. The van der Waals surface area contributed by atoms with Gasteiger partial charge in [0.25, 0.3) is 0 Å². The Kier molecular flexibility index (Phi) is 5.52. The second kappa shape index (κ2) is 7.81. The summed E-state index contributed by atoms with van der Waals surface area (Å²) in [6.07, 6.45) is 1.42. The number of fused-ring (bicyclic) bond motifs is 1. The zero-order chi connectivity index (χ0) is 17.8. The van der Waals surface area contributed by atoms with Gasteiger partial charge in [-0.05, 0) is 19.5 Å². The molecule has 0 amide bonds. The minimum atomic E-state index is -0.256. The molecule has 2 N–H and O–H groups in total. The largest absolute Gasteiger partial charge is 0.494 e. The highest BCUT2D eigenvalue weighted by molar-refractivity contribution is 7.17. The van der Waals surface area contributed by atoms with Crippen molar-refractivity contribution in [3.8, 4) is 11.6 Å². The van der Waals surface area contributed by atoms with Crippen molar-refractivity contribution >= 4 is 16.3 Å². The highest BCUT2D eigenvalue weighted by Gasteiger charge is 2.30. The van der Waals surface area contributed by atoms with E-state index in [0.717, 1.165) is 16.2 Å². The Morgan fingerprint density at radius 3 is 2.80 bits per heavy atom. The van der Waals surface area contributed by atoms with Gasteiger partial charge in [-0.1, -0.05) is 36.5 Å². The number of para-hydroxylation sites is 1. The summed E-state index contributed by atoms with van der Waals surface area (Å²) in [5.74, 6) is 0.843. The smallest absolute Gasteiger partial charge is 0.230 e. The van der Waals surface area contributed by atoms with Gasteiger partial charge >= 0.3 is 0 Å². The first kappa shape index (κ1) is 17.7. The molecule has 25 heavy (non-hydrogen) atoms. The summed E-state index contributed by atoms with van der Waals surface area (Å²) in [6, 6.07) is 7.54. The number of nitrogens with zero attached hydrogens (tertiary/aromatic N) is 4. The Hall–Kier alpha value is -2.16. The predicted octanol–water partition coefficient (Wildman–Crippen LogP) is 2.30. The van der Waals surface area contributed by atoms with Crippen molar-refractivity contribution in [2.24, 2.45) is 0 Å². The first-order chi connectivity index (χ1) is 12.2. The minimum Gasteiger partial charge on any atom is -0.494 e. The third-order valence-electron chi connectivity index (χ3n) is 4.06. The highest BCUT2D eigenvalue weighted by Crippen LogP contribution is 2.42. The Morgan fingerprint density at radius 1 is 1.32 bits per heavy atom. The summed E-state index contributed by atoms with van der Waals surface area (Å²) in [5, 5.41) is 24.2. The first-order valence-electron chi connectivity index (χ1n) is 8.29. The number of ether oxygens (including phenoxy) is 1. The molecule has 134 valence electrons. The zero-order valence-corrected chi connectivity index (χ0v) is 15.1. The molecule has 7 nitrogen and oxygen atoms in total. The van der Waals surface area contributed by atoms with E-state index < -0.39 is 0 Å². The molecule has 3 rings (SSSR count). The molecule has 0 saturated heterocycles. The third kappa shape index (κ3) is 3.33. The number of aromatic nitrogens is 3. The van der Waals surface area contributed by atoms with Crippen LogP contribution in [0.1, 0.15) is 30.3 Å². The van der Waals surface area contributed by atoms with Crippen LogP contribution >= 0.6 is 11.3 Å². The summed E-state index contributed by atoms with van der Waals surface area (Å²) < 4.78 is 7.24. The number of thiazole rings is 1. The van der Waals surface area contributed by atoms with Crippen molar-refractivity contribution in [2.75, 3.05) is 26.3 Å². The van der Waals surface area contributed by atoms with E-state index >= 15 is 0 Å². The van der Waals surface area contributed by atoms with E-state index in [2.05, 4.69) is 15.0 Å². The number of likely N-dealkylation sites (N-methyl/N-ethyl adjacent to an activating group) is 1. The molecule has 0 bridgehead atoms. The molecule has 1 aromatic carbocycles. The summed E-state index contributed by atoms with van der Waals surface area (Å²) in [7, 11) is 0. The fraction of sp³-hybridized carbons (Fsp3) is 0.412. The van der Waals surface area contributed by atoms with Gasteiger partial charge in [0.1, 0.15) is 12.1 Å². The van der Waals surface area contributed by atoms with Crippen LogP contribution in [0.25, 0.3) is 4.96 Å². The third-order valence-corrected chi connectivity index (χ3v) is 5.15. The number of rotatable bonds is 8. The highest BCUT2D eigenvalue weighted by atomic mass is 32.1. The maximum Gasteiger partial charge on any atom is 0.230 e. The first-order valence-corrected chi connectivity index (χ1v) is 9.10. The van der Waals surface area contributed by atoms with Crippen LogP contribution in [0.5, 0.6) is 11.6 Å². The van der Waals surface area contributed by atoms with Crippen LogP contribution in [0.4, 0.5) is 0 Å². The summed E-state index contributed by atoms with van der Waals surface area (Å²) in [4.78, 5) is 7.64. The molecular formula is C17H22N4O3S. The maximum absolute atomic E-state index is 10.7. The van der Waals surface area contributed by atoms with E-state index in [9.17, 15) is 10.2 Å². The normalized spacial score (nSPS) is 12.8. The number of hydrogen-bond donors (Lipinski definition) is 2. The molecule has 0 aliphatic heterocycles. The molecule has 0 saturated carbocycles. The molecule has 3 aromatic rings. The van der Waals surface area contributed by atoms with Crippen molar-refractivity contribution in [1.29, 1.82) is 0 Å². The number of aromatic hydroxyl groups is 1. The van der Waals surface area contributed by atoms with Gasteiger partial charge in [-0.2, -0.15) is 9.61 Å². The van der Waals surface area contributed by atoms with Gasteiger partial charge in [0.15, 0.2) is 0 Å². The molecule has 1 unspecified atom stereocenters. The molecule has 0 aliphatic rings. The summed E-state index contributed by atoms with van der Waals surface area (Å²) in [6.45, 7) is 5.74. The molecule has 0 spiro atoms. The van der Waals surface area contributed by atoms with Gasteiger partial charge in [0, 0.05) is 12.1 Å². The van der Waals surface area contributed by atoms with Crippen molar-refractivity contribution < 1.29 is 14.9 Å². The SMILES string of the molecule is CCOc1ccccc1C(c1sc2ncnn2c1O)N(CC)CCO. The quantitative estimate of drug-likeness (QED) is 0.640. The van der Waals surface area contributed by atoms with Crippen molar-refractivity contribution in [3.05, 3.63) is 41.0 Å². The Balaban J connectivity index is 2.16. The Bertz CT molecular complexity index is 832. The van der Waals surface area contributed by atoms with Crippen molar-refractivity contribution in [3.63, 3.8) is 0 Å². The van der Waals surface area contributed by atoms with E-state index in [1.54, 1.807) is 0 Å². The Labute approximate surface area is 150 Å². The second-order valence-electron chi connectivity index (χ2n) is 5.47. The summed E-state index contributed by atoms with van der Waals surface area (Å²) >= 11 is 1.39. The van der Waals surface area contributed by atoms with Crippen LogP contribution in [0.15, 0.2) is 30.6 Å². The zero-order valence-electron chi connectivity index (χ0n) is 14.3. The van der Waals surface area contributed by atoms with Gasteiger partial charge < -0.3 is 14.9 Å². The average Bonchev–Trinajstić information content (AvgIpc) is 3.20. The van der Waals surface area contributed by atoms with E-state index in [-0.39, 0.29) is 18.5 Å². The van der Waals surface area contributed by atoms with E-state index in [1.165, 1.54) is 22.2 Å². The number of benzene rings is 1. The van der Waals surface area contributed by atoms with E-state index in [1.807, 2.05) is 38.1 Å². The van der Waals surface area contributed by atoms with E-state index in [0.29, 0.717) is 24.7 Å². The topological polar surface area (TPSA) is 83.1 Å². The summed E-state index contributed by atoms with van der Waals surface area (Å²) in [5.41, 5.74) is 0.944. The number of aliphatic hydroxyl groups is 1. The predicted molar refractivity (Wildman–Crippen MR) is 96.3 cm³/mol. The van der Waals surface area contributed by atoms with Crippen molar-refractivity contribution in [1.82, 2.24) is 19.5 Å². The maximum atomic E-state index is 10.7. The molecule has 8 heteroatoms. The molecule has 1 atom stereocenters. The lowest BCUT2D eigenvalue weighted by Crippen LogP contribution is -2.32. The molecule has 0 radical (unpaired) electrons. The minimum absolute atomic E-state index is 0.0304. The lowest BCUT2D eigenvalue weighted by molar-refractivity contribution is 0.171. The number of hydrogen-bond acceptors (Lipinski definition) is 7. The standard InChI is InChI=1S/C17H22N4O3S/c1-3-20(9-10-22)14(12-7-5-6-8-13(12)24-4-2)15-16(23)21-17(25-15)18-11-19-21/h5-8,11,14,22-23H,3-4,9-10H2,1-2H3. The van der Waals surface area contributed by atoms with Crippen LogP contribution in [0.3, 0.4) is 0 Å². The van der Waals surface area contributed by atoms with Gasteiger partial charge in [-0.3, -0.25) is 4.90 Å². The lowest BCUT2D eigenvalue weighted by Gasteiger charge is -2.30. The molecule has 2 aromatic heterocycles. The van der Waals surface area contributed by atoms with Crippen LogP contribution in [0, 0.1) is 0 Å². The van der Waals surface area contributed by atoms with Gasteiger partial charge in [0.05, 0.1) is 24.1 Å². The number of aliphatic hydroxyl groups excluding tert-OH is 1. The van der Waals surface area contributed by atoms with E-state index in [4.69, 9.17) is 4.74 Å². The molecule has 0 aliphatic carbocycles.